The number of rotatable bonds is 13. The third kappa shape index (κ3) is 8.32. The van der Waals surface area contributed by atoms with E-state index >= 15 is 0 Å². The zero-order valence-corrected chi connectivity index (χ0v) is 30.1. The fraction of sp³-hybridized carbons (Fsp3) is 0.514. The number of carbonyl (C=O) groups excluding carboxylic acids is 5. The second-order valence-corrected chi connectivity index (χ2v) is 12.8. The number of Topliss-reactive ketones (excluding diaryl/α,β-unsaturated/α-hetero) is 1. The van der Waals surface area contributed by atoms with E-state index in [4.69, 9.17) is 28.4 Å². The van der Waals surface area contributed by atoms with Gasteiger partial charge in [-0.25, -0.2) is 0 Å². The molecule has 1 aliphatic heterocycles. The van der Waals surface area contributed by atoms with Crippen LogP contribution in [0.15, 0.2) is 18.2 Å². The zero-order chi connectivity index (χ0) is 38.1. The average molecular weight is 768 g/mol. The topological polar surface area (TPSA) is 254 Å². The highest BCUT2D eigenvalue weighted by atomic mass is 35.5. The first kappa shape index (κ1) is 41.6. The molecule has 1 saturated heterocycles. The molecular weight excluding hydrogens is 726 g/mol. The summed E-state index contributed by atoms with van der Waals surface area (Å²) < 4.78 is 32.7. The first-order valence-electron chi connectivity index (χ1n) is 16.5. The van der Waals surface area contributed by atoms with Crippen LogP contribution in [0.4, 0.5) is 0 Å². The molecule has 2 aromatic carbocycles. The third-order valence-corrected chi connectivity index (χ3v) is 9.26. The normalized spacial score (nSPS) is 24.7. The highest BCUT2D eigenvalue weighted by Crippen LogP contribution is 2.52. The van der Waals surface area contributed by atoms with Gasteiger partial charge in [0.1, 0.15) is 36.1 Å². The Morgan fingerprint density at radius 2 is 1.70 bits per heavy atom. The minimum absolute atomic E-state index is 0. The Labute approximate surface area is 309 Å². The molecule has 2 aromatic rings. The lowest BCUT2D eigenvalue weighted by molar-refractivity contribution is -0.250. The molecule has 1 heterocycles. The molecule has 6 atom stereocenters. The smallest absolute Gasteiger partial charge is 0.305 e. The first-order valence-corrected chi connectivity index (χ1v) is 16.5. The van der Waals surface area contributed by atoms with Crippen molar-refractivity contribution in [3.8, 4) is 17.2 Å². The zero-order valence-electron chi connectivity index (χ0n) is 29.3. The molecule has 0 spiro atoms. The number of carbonyl (C=O) groups is 5. The Morgan fingerprint density at radius 3 is 2.32 bits per heavy atom. The van der Waals surface area contributed by atoms with Crippen molar-refractivity contribution >= 4 is 41.7 Å². The Hall–Kier alpha value is -4.20. The minimum Gasteiger partial charge on any atom is -0.507 e. The fourth-order valence-electron chi connectivity index (χ4n) is 6.88. The molecule has 0 amide bonds. The van der Waals surface area contributed by atoms with Gasteiger partial charge < -0.3 is 59.3 Å². The number of ether oxygens (including phenoxy) is 6. The number of phenolic OH excluding ortho intramolecular Hbond substituents is 2. The van der Waals surface area contributed by atoms with Gasteiger partial charge in [0.25, 0.3) is 6.29 Å². The number of aliphatic hydroxyl groups excluding tert-OH is 2. The molecule has 1 fully saturated rings. The van der Waals surface area contributed by atoms with Crippen molar-refractivity contribution in [1.82, 2.24) is 5.32 Å². The van der Waals surface area contributed by atoms with Crippen molar-refractivity contribution in [2.75, 3.05) is 33.5 Å². The van der Waals surface area contributed by atoms with E-state index in [0.717, 1.165) is 13.8 Å². The van der Waals surface area contributed by atoms with Crippen LogP contribution < -0.4 is 10.1 Å². The van der Waals surface area contributed by atoms with E-state index in [1.165, 1.54) is 25.3 Å². The number of aromatic hydroxyl groups is 2. The number of fused-ring (bicyclic) bond motifs is 3. The van der Waals surface area contributed by atoms with Gasteiger partial charge in [0.2, 0.25) is 5.78 Å². The van der Waals surface area contributed by atoms with Crippen LogP contribution in [-0.2, 0) is 44.5 Å². The summed E-state index contributed by atoms with van der Waals surface area (Å²) >= 11 is 0. The van der Waals surface area contributed by atoms with Gasteiger partial charge in [-0.3, -0.25) is 24.0 Å². The molecule has 0 radical (unpaired) electrons. The Morgan fingerprint density at radius 1 is 1.04 bits per heavy atom. The van der Waals surface area contributed by atoms with E-state index in [9.17, 15) is 49.5 Å². The predicted molar refractivity (Wildman–Crippen MR) is 181 cm³/mol. The van der Waals surface area contributed by atoms with Crippen molar-refractivity contribution in [1.29, 1.82) is 0 Å². The largest absolute Gasteiger partial charge is 0.507 e. The number of halogens is 1. The van der Waals surface area contributed by atoms with Gasteiger partial charge in [-0.15, -0.1) is 12.4 Å². The van der Waals surface area contributed by atoms with Crippen LogP contribution in [0.2, 0.25) is 0 Å². The van der Waals surface area contributed by atoms with Crippen LogP contribution in [-0.4, -0.2) is 125 Å². The molecule has 0 bridgehead atoms. The van der Waals surface area contributed by atoms with Gasteiger partial charge in [0.15, 0.2) is 17.9 Å². The summed E-state index contributed by atoms with van der Waals surface area (Å²) in [6.45, 7) is 2.75. The van der Waals surface area contributed by atoms with Crippen LogP contribution in [0.3, 0.4) is 0 Å². The number of hydrogen-bond donors (Lipinski definition) is 6. The lowest BCUT2D eigenvalue weighted by atomic mass is 9.72. The second kappa shape index (κ2) is 16.9. The van der Waals surface area contributed by atoms with Crippen LogP contribution in [0.1, 0.15) is 82.7 Å². The van der Waals surface area contributed by atoms with Gasteiger partial charge in [-0.2, -0.15) is 0 Å². The maximum absolute atomic E-state index is 13.9. The van der Waals surface area contributed by atoms with E-state index < -0.39 is 114 Å². The van der Waals surface area contributed by atoms with E-state index in [2.05, 4.69) is 5.32 Å². The van der Waals surface area contributed by atoms with Crippen molar-refractivity contribution < 1.29 is 77.9 Å². The molecule has 53 heavy (non-hydrogen) atoms. The Bertz CT molecular complexity index is 1750. The number of aliphatic hydroxyl groups is 3. The summed E-state index contributed by atoms with van der Waals surface area (Å²) in [5.41, 5.74) is -3.96. The molecule has 0 saturated carbocycles. The molecule has 5 rings (SSSR count). The predicted octanol–water partition coefficient (Wildman–Crippen LogP) is 0.523. The van der Waals surface area contributed by atoms with Crippen molar-refractivity contribution in [3.63, 3.8) is 0 Å². The SMILES string of the molecule is COc1cccc2c1C(=O)c1c(O)c3c(c(O)c1C2=O)C[C@@](O)(C(=O)CO)C[C@H]3OC1CC(NCCOCC(OC(C)=O)OC(C)=O)C(O)C(C)O1.Cl. The number of hydrogen-bond acceptors (Lipinski definition) is 17. The molecule has 0 aromatic heterocycles. The van der Waals surface area contributed by atoms with Crippen LogP contribution in [0.5, 0.6) is 17.2 Å². The highest BCUT2D eigenvalue weighted by Gasteiger charge is 2.50. The first-order chi connectivity index (χ1) is 24.6. The molecule has 290 valence electrons. The second-order valence-electron chi connectivity index (χ2n) is 12.8. The van der Waals surface area contributed by atoms with E-state index in [-0.39, 0.29) is 66.6 Å². The average Bonchev–Trinajstić information content (AvgIpc) is 3.08. The quantitative estimate of drug-likeness (QED) is 0.0600. The van der Waals surface area contributed by atoms with Crippen LogP contribution >= 0.6 is 12.4 Å². The van der Waals surface area contributed by atoms with Crippen LogP contribution in [0.25, 0.3) is 0 Å². The molecule has 3 aliphatic rings. The summed E-state index contributed by atoms with van der Waals surface area (Å²) in [4.78, 5) is 63.0. The molecule has 17 nitrogen and oxygen atoms in total. The fourth-order valence-corrected chi connectivity index (χ4v) is 6.88. The van der Waals surface area contributed by atoms with Gasteiger partial charge in [0.05, 0.1) is 48.7 Å². The summed E-state index contributed by atoms with van der Waals surface area (Å²) in [5.74, 6) is -5.37. The van der Waals surface area contributed by atoms with Gasteiger partial charge in [-0.05, 0) is 13.0 Å². The standard InChI is InChI=1S/C35H41NO16.ClH/c1-15-30(41)20(36-8-9-48-14-25(50-16(2)38)51-17(3)39)10-24(49-15)52-22-12-35(46,23(40)13-37)11-19-27(22)34(45)29-28(32(19)43)31(42)18-6-5-7-21(47-4)26(18)33(29)44;/h5-7,15,20,22,24-25,30,36-37,41,43,45-46H,8-14H2,1-4H3;1H/t15?,20?,22-,24?,30?,35+;/m1./s1. The third-order valence-electron chi connectivity index (χ3n) is 9.26. The van der Waals surface area contributed by atoms with Gasteiger partial charge in [-0.1, -0.05) is 12.1 Å². The number of phenols is 2. The minimum atomic E-state index is -2.32. The van der Waals surface area contributed by atoms with Crippen molar-refractivity contribution in [2.24, 2.45) is 0 Å². The summed E-state index contributed by atoms with van der Waals surface area (Å²) in [7, 11) is 1.31. The van der Waals surface area contributed by atoms with Crippen molar-refractivity contribution in [3.05, 3.63) is 51.6 Å². The van der Waals surface area contributed by atoms with E-state index in [1.54, 1.807) is 6.92 Å². The number of nitrogens with one attached hydrogen (secondary N) is 1. The highest BCUT2D eigenvalue weighted by molar-refractivity contribution is 6.31. The van der Waals surface area contributed by atoms with Crippen molar-refractivity contribution in [2.45, 2.75) is 82.6 Å². The summed E-state index contributed by atoms with van der Waals surface area (Å²) in [6.07, 6.45) is -6.90. The monoisotopic (exact) mass is 767 g/mol. The maximum atomic E-state index is 13.9. The molecule has 18 heteroatoms. The Balaban J connectivity index is 0.00000627. The number of methoxy groups -OCH3 is 1. The summed E-state index contributed by atoms with van der Waals surface area (Å²) in [5, 5.41) is 58.4. The van der Waals surface area contributed by atoms with Gasteiger partial charge >= 0.3 is 11.9 Å². The van der Waals surface area contributed by atoms with E-state index in [1.807, 2.05) is 0 Å². The molecular formula is C35H42ClNO16. The number of esters is 2. The lowest BCUT2D eigenvalue weighted by Gasteiger charge is -2.43. The Kier molecular flexibility index (Phi) is 13.2. The van der Waals surface area contributed by atoms with Crippen LogP contribution in [0, 0.1) is 0 Å². The lowest BCUT2D eigenvalue weighted by Crippen LogP contribution is -2.55. The van der Waals surface area contributed by atoms with E-state index in [0.29, 0.717) is 0 Å². The summed E-state index contributed by atoms with van der Waals surface area (Å²) in [6, 6.07) is 3.64. The molecule has 2 aliphatic carbocycles. The maximum Gasteiger partial charge on any atom is 0.305 e. The van der Waals surface area contributed by atoms with Gasteiger partial charge in [0, 0.05) is 62.4 Å². The number of benzene rings is 2. The molecule has 4 unspecified atom stereocenters. The number of ketones is 3. The molecule has 6 N–H and O–H groups in total.